The summed E-state index contributed by atoms with van der Waals surface area (Å²) >= 11 is 0. The molecule has 28 heavy (non-hydrogen) atoms. The number of pyridine rings is 2. The smallest absolute Gasteiger partial charge is 0.257 e. The summed E-state index contributed by atoms with van der Waals surface area (Å²) in [6.07, 6.45) is 3.34. The van der Waals surface area contributed by atoms with E-state index in [1.807, 2.05) is 36.4 Å². The van der Waals surface area contributed by atoms with Crippen LogP contribution in [0.4, 0.5) is 0 Å². The predicted molar refractivity (Wildman–Crippen MR) is 108 cm³/mol. The van der Waals surface area contributed by atoms with E-state index >= 15 is 0 Å². The molecule has 0 aliphatic carbocycles. The lowest BCUT2D eigenvalue weighted by atomic mass is 9.92. The quantitative estimate of drug-likeness (QED) is 0.758. The van der Waals surface area contributed by atoms with E-state index in [9.17, 15) is 9.59 Å². The van der Waals surface area contributed by atoms with E-state index in [0.29, 0.717) is 18.5 Å². The monoisotopic (exact) mass is 379 g/mol. The van der Waals surface area contributed by atoms with Crippen molar-refractivity contribution in [2.45, 2.75) is 46.1 Å². The van der Waals surface area contributed by atoms with E-state index in [1.54, 1.807) is 18.3 Å². The van der Waals surface area contributed by atoms with E-state index < -0.39 is 0 Å². The Morgan fingerprint density at radius 1 is 1.29 bits per heavy atom. The topological polar surface area (TPSA) is 83.9 Å². The zero-order valence-corrected chi connectivity index (χ0v) is 16.5. The average molecular weight is 379 g/mol. The molecular formula is C21H25N5O2. The maximum absolute atomic E-state index is 13.0. The van der Waals surface area contributed by atoms with Crippen LogP contribution in [0.3, 0.4) is 0 Å². The number of carbonyl (C=O) groups is 1. The minimum atomic E-state index is -0.0997. The van der Waals surface area contributed by atoms with Crippen LogP contribution >= 0.6 is 0 Å². The lowest BCUT2D eigenvalue weighted by Gasteiger charge is -2.32. The minimum Gasteiger partial charge on any atom is -0.338 e. The van der Waals surface area contributed by atoms with Gasteiger partial charge in [0, 0.05) is 43.1 Å². The molecule has 7 nitrogen and oxygen atoms in total. The first kappa shape index (κ1) is 18.4. The van der Waals surface area contributed by atoms with Crippen molar-refractivity contribution < 1.29 is 4.79 Å². The Hall–Kier alpha value is -2.96. The molecule has 1 saturated heterocycles. The van der Waals surface area contributed by atoms with Crippen molar-refractivity contribution in [3.8, 4) is 0 Å². The van der Waals surface area contributed by atoms with Crippen LogP contribution in [-0.2, 0) is 6.54 Å². The highest BCUT2D eigenvalue weighted by Gasteiger charge is 2.28. The van der Waals surface area contributed by atoms with Crippen LogP contribution in [0.2, 0.25) is 0 Å². The van der Waals surface area contributed by atoms with Gasteiger partial charge in [-0.05, 0) is 51.8 Å². The summed E-state index contributed by atoms with van der Waals surface area (Å²) in [6, 6.07) is 5.53. The van der Waals surface area contributed by atoms with Crippen LogP contribution in [-0.4, -0.2) is 43.6 Å². The summed E-state index contributed by atoms with van der Waals surface area (Å²) in [4.78, 5) is 34.6. The number of aromatic nitrogens is 4. The summed E-state index contributed by atoms with van der Waals surface area (Å²) < 4.78 is 1.88. The van der Waals surface area contributed by atoms with E-state index in [4.69, 9.17) is 0 Å². The Balaban J connectivity index is 1.52. The molecule has 0 atom stereocenters. The largest absolute Gasteiger partial charge is 0.338 e. The molecule has 0 bridgehead atoms. The molecule has 7 heteroatoms. The molecule has 1 aliphatic heterocycles. The molecule has 4 rings (SSSR count). The fourth-order valence-electron chi connectivity index (χ4n) is 4.19. The summed E-state index contributed by atoms with van der Waals surface area (Å²) in [6.45, 7) is 7.97. The Bertz CT molecular complexity index is 1090. The molecule has 1 aliphatic rings. The van der Waals surface area contributed by atoms with Crippen LogP contribution in [0, 0.1) is 13.8 Å². The first-order chi connectivity index (χ1) is 13.5. The minimum absolute atomic E-state index is 0.0572. The second-order valence-corrected chi connectivity index (χ2v) is 7.42. The molecule has 3 aromatic rings. The fraction of sp³-hybridized carbons (Fsp3) is 0.429. The van der Waals surface area contributed by atoms with E-state index in [1.165, 1.54) is 0 Å². The molecule has 1 fully saturated rings. The summed E-state index contributed by atoms with van der Waals surface area (Å²) in [5, 5.41) is 5.08. The van der Waals surface area contributed by atoms with Gasteiger partial charge in [0.2, 0.25) is 0 Å². The van der Waals surface area contributed by atoms with Gasteiger partial charge in [0.05, 0.1) is 22.2 Å². The van der Waals surface area contributed by atoms with Crippen molar-refractivity contribution in [1.82, 2.24) is 24.6 Å². The summed E-state index contributed by atoms with van der Waals surface area (Å²) in [5.41, 5.74) is 3.97. The van der Waals surface area contributed by atoms with E-state index in [2.05, 4.69) is 15.1 Å². The highest BCUT2D eigenvalue weighted by Crippen LogP contribution is 2.28. The van der Waals surface area contributed by atoms with Crippen LogP contribution in [0.15, 0.2) is 29.2 Å². The van der Waals surface area contributed by atoms with Gasteiger partial charge in [-0.3, -0.25) is 19.3 Å². The van der Waals surface area contributed by atoms with Crippen molar-refractivity contribution in [1.29, 1.82) is 0 Å². The normalized spacial score (nSPS) is 15.3. The van der Waals surface area contributed by atoms with Crippen LogP contribution < -0.4 is 5.56 Å². The van der Waals surface area contributed by atoms with Gasteiger partial charge in [0.1, 0.15) is 0 Å². The Morgan fingerprint density at radius 3 is 2.71 bits per heavy atom. The van der Waals surface area contributed by atoms with Crippen LogP contribution in [0.25, 0.3) is 10.9 Å². The van der Waals surface area contributed by atoms with Crippen molar-refractivity contribution in [2.24, 2.45) is 0 Å². The van der Waals surface area contributed by atoms with Crippen molar-refractivity contribution in [3.05, 3.63) is 57.4 Å². The van der Waals surface area contributed by atoms with Gasteiger partial charge in [-0.15, -0.1) is 0 Å². The molecule has 0 aromatic carbocycles. The lowest BCUT2D eigenvalue weighted by molar-refractivity contribution is 0.0710. The maximum Gasteiger partial charge on any atom is 0.257 e. The van der Waals surface area contributed by atoms with Crippen molar-refractivity contribution in [3.63, 3.8) is 0 Å². The number of hydrogen-bond acceptors (Lipinski definition) is 4. The molecule has 1 amide bonds. The first-order valence-corrected chi connectivity index (χ1v) is 9.80. The van der Waals surface area contributed by atoms with E-state index in [0.717, 1.165) is 47.5 Å². The molecule has 3 aromatic heterocycles. The first-order valence-electron chi connectivity index (χ1n) is 9.80. The SMILES string of the molecule is CCn1nc(C)c(C(=O)N2CCC(c3cc4ncccc4c(=O)[nH]3)CC2)c1C. The molecule has 146 valence electrons. The highest BCUT2D eigenvalue weighted by atomic mass is 16.2. The average Bonchev–Trinajstić information content (AvgIpc) is 3.01. The van der Waals surface area contributed by atoms with Gasteiger partial charge in [0.25, 0.3) is 11.5 Å². The number of aryl methyl sites for hydroxylation is 2. The Morgan fingerprint density at radius 2 is 2.04 bits per heavy atom. The second kappa shape index (κ2) is 7.22. The fourth-order valence-corrected chi connectivity index (χ4v) is 4.19. The predicted octanol–water partition coefficient (Wildman–Crippen LogP) is 2.78. The van der Waals surface area contributed by atoms with Crippen LogP contribution in [0.5, 0.6) is 0 Å². The zero-order chi connectivity index (χ0) is 19.8. The Labute approximate surface area is 163 Å². The summed E-state index contributed by atoms with van der Waals surface area (Å²) in [7, 11) is 0. The number of carbonyl (C=O) groups excluding carboxylic acids is 1. The molecule has 1 N–H and O–H groups in total. The van der Waals surface area contributed by atoms with Gasteiger partial charge in [-0.1, -0.05) is 0 Å². The maximum atomic E-state index is 13.0. The second-order valence-electron chi connectivity index (χ2n) is 7.42. The number of fused-ring (bicyclic) bond motifs is 1. The lowest BCUT2D eigenvalue weighted by Crippen LogP contribution is -2.38. The molecule has 0 spiro atoms. The number of hydrogen-bond donors (Lipinski definition) is 1. The third-order valence-electron chi connectivity index (χ3n) is 5.75. The molecule has 0 saturated carbocycles. The number of rotatable bonds is 3. The number of H-pyrrole nitrogens is 1. The number of piperidine rings is 1. The number of amides is 1. The van der Waals surface area contributed by atoms with Gasteiger partial charge >= 0.3 is 0 Å². The van der Waals surface area contributed by atoms with Gasteiger partial charge in [-0.2, -0.15) is 5.10 Å². The molecule has 0 unspecified atom stereocenters. The Kier molecular flexibility index (Phi) is 4.75. The van der Waals surface area contributed by atoms with Crippen LogP contribution in [0.1, 0.15) is 53.1 Å². The van der Waals surface area contributed by atoms with Gasteiger partial charge in [-0.25, -0.2) is 0 Å². The highest BCUT2D eigenvalue weighted by molar-refractivity contribution is 5.96. The molecule has 0 radical (unpaired) electrons. The number of nitrogens with one attached hydrogen (secondary N) is 1. The van der Waals surface area contributed by atoms with Gasteiger partial charge < -0.3 is 9.88 Å². The van der Waals surface area contributed by atoms with Crippen molar-refractivity contribution in [2.75, 3.05) is 13.1 Å². The number of nitrogens with zero attached hydrogens (tertiary/aromatic N) is 4. The van der Waals surface area contributed by atoms with Gasteiger partial charge in [0.15, 0.2) is 0 Å². The third kappa shape index (κ3) is 3.10. The third-order valence-corrected chi connectivity index (χ3v) is 5.75. The molecular weight excluding hydrogens is 354 g/mol. The summed E-state index contributed by atoms with van der Waals surface area (Å²) in [5.74, 6) is 0.283. The van der Waals surface area contributed by atoms with Crippen molar-refractivity contribution >= 4 is 16.8 Å². The number of aromatic amines is 1. The van der Waals surface area contributed by atoms with E-state index in [-0.39, 0.29) is 17.4 Å². The number of likely N-dealkylation sites (tertiary alicyclic amines) is 1. The standard InChI is InChI=1S/C21H25N5O2/c1-4-26-14(3)19(13(2)24-26)21(28)25-10-7-15(8-11-25)17-12-18-16(20(27)23-17)6-5-9-22-18/h5-6,9,12,15H,4,7-8,10-11H2,1-3H3,(H,23,27). The zero-order valence-electron chi connectivity index (χ0n) is 16.5. The molecule has 4 heterocycles.